The van der Waals surface area contributed by atoms with Gasteiger partial charge in [0, 0.05) is 5.41 Å². The van der Waals surface area contributed by atoms with Gasteiger partial charge in [0.05, 0.1) is 3.23 Å². The molecule has 0 heterocycles. The first-order chi connectivity index (χ1) is 8.43. The molecule has 108 valence electrons. The van der Waals surface area contributed by atoms with Gasteiger partial charge in [-0.3, -0.25) is 0 Å². The van der Waals surface area contributed by atoms with Crippen LogP contribution in [0.5, 0.6) is 0 Å². The fraction of sp³-hybridized carbons (Fsp3) is 0.765. The summed E-state index contributed by atoms with van der Waals surface area (Å²) in [6, 6.07) is 0. The maximum atomic E-state index is 3.87. The SMILES string of the molecule is CC(C)(C)[C@@H]1C=CC=C[C@@]1(C1CC1(Br)Br)C(C)(C)C. The molecule has 19 heavy (non-hydrogen) atoms. The van der Waals surface area contributed by atoms with Crippen LogP contribution in [0.2, 0.25) is 0 Å². The highest BCUT2D eigenvalue weighted by molar-refractivity contribution is 9.25. The molecule has 1 unspecified atom stereocenters. The van der Waals surface area contributed by atoms with E-state index in [1.54, 1.807) is 0 Å². The molecule has 0 radical (unpaired) electrons. The smallest absolute Gasteiger partial charge is 0.0800 e. The van der Waals surface area contributed by atoms with Crippen LogP contribution >= 0.6 is 31.9 Å². The molecule has 0 aromatic heterocycles. The highest BCUT2D eigenvalue weighted by Gasteiger charge is 2.67. The second-order valence-corrected chi connectivity index (χ2v) is 12.2. The van der Waals surface area contributed by atoms with Crippen molar-refractivity contribution in [1.82, 2.24) is 0 Å². The second kappa shape index (κ2) is 4.47. The first kappa shape index (κ1) is 15.8. The maximum absolute atomic E-state index is 3.87. The Hall–Kier alpha value is 0.440. The van der Waals surface area contributed by atoms with Crippen LogP contribution in [0.25, 0.3) is 0 Å². The summed E-state index contributed by atoms with van der Waals surface area (Å²) in [6.45, 7) is 14.3. The molecular weight excluding hydrogens is 364 g/mol. The van der Waals surface area contributed by atoms with Crippen molar-refractivity contribution in [3.05, 3.63) is 24.3 Å². The molecular formula is C17H26Br2. The van der Waals surface area contributed by atoms with Crippen molar-refractivity contribution in [3.8, 4) is 0 Å². The van der Waals surface area contributed by atoms with Gasteiger partial charge in [0.1, 0.15) is 0 Å². The summed E-state index contributed by atoms with van der Waals surface area (Å²) < 4.78 is 0.131. The molecule has 0 bridgehead atoms. The number of halogens is 2. The van der Waals surface area contributed by atoms with E-state index in [1.807, 2.05) is 0 Å². The first-order valence-electron chi connectivity index (χ1n) is 7.17. The maximum Gasteiger partial charge on any atom is 0.0846 e. The monoisotopic (exact) mass is 388 g/mol. The van der Waals surface area contributed by atoms with Crippen molar-refractivity contribution in [1.29, 1.82) is 0 Å². The summed E-state index contributed by atoms with van der Waals surface area (Å²) in [6.07, 6.45) is 10.6. The van der Waals surface area contributed by atoms with E-state index in [4.69, 9.17) is 0 Å². The van der Waals surface area contributed by atoms with E-state index in [0.29, 0.717) is 11.8 Å². The molecule has 0 aromatic carbocycles. The van der Waals surface area contributed by atoms with Gasteiger partial charge >= 0.3 is 0 Å². The van der Waals surface area contributed by atoms with E-state index >= 15 is 0 Å². The highest BCUT2D eigenvalue weighted by Crippen LogP contribution is 2.72. The molecule has 2 rings (SSSR count). The number of alkyl halides is 2. The van der Waals surface area contributed by atoms with Crippen LogP contribution in [0, 0.1) is 28.1 Å². The van der Waals surface area contributed by atoms with Gasteiger partial charge in [-0.25, -0.2) is 0 Å². The van der Waals surface area contributed by atoms with Crippen molar-refractivity contribution in [3.63, 3.8) is 0 Å². The minimum absolute atomic E-state index is 0.131. The lowest BCUT2D eigenvalue weighted by molar-refractivity contribution is 0.00909. The summed E-state index contributed by atoms with van der Waals surface area (Å²) in [5, 5.41) is 0. The Morgan fingerprint density at radius 2 is 1.53 bits per heavy atom. The van der Waals surface area contributed by atoms with E-state index in [2.05, 4.69) is 97.7 Å². The normalized spacial score (nSPS) is 37.5. The molecule has 3 atom stereocenters. The van der Waals surface area contributed by atoms with Crippen molar-refractivity contribution in [2.24, 2.45) is 28.1 Å². The number of hydrogen-bond donors (Lipinski definition) is 0. The summed E-state index contributed by atoms with van der Waals surface area (Å²) in [7, 11) is 0. The van der Waals surface area contributed by atoms with Crippen molar-refractivity contribution in [2.75, 3.05) is 0 Å². The summed E-state index contributed by atoms with van der Waals surface area (Å²) in [4.78, 5) is 0. The van der Waals surface area contributed by atoms with Gasteiger partial charge in [-0.05, 0) is 29.1 Å². The van der Waals surface area contributed by atoms with Crippen molar-refractivity contribution >= 4 is 31.9 Å². The van der Waals surface area contributed by atoms with Gasteiger partial charge in [0.2, 0.25) is 0 Å². The zero-order chi connectivity index (χ0) is 14.7. The molecule has 0 nitrogen and oxygen atoms in total. The molecule has 0 N–H and O–H groups in total. The predicted molar refractivity (Wildman–Crippen MR) is 91.8 cm³/mol. The Labute approximate surface area is 135 Å². The van der Waals surface area contributed by atoms with Crippen molar-refractivity contribution in [2.45, 2.75) is 51.2 Å². The molecule has 0 aromatic rings. The molecule has 1 saturated carbocycles. The Bertz CT molecular complexity index is 418. The van der Waals surface area contributed by atoms with E-state index in [-0.39, 0.29) is 19.5 Å². The highest BCUT2D eigenvalue weighted by atomic mass is 79.9. The summed E-state index contributed by atoms with van der Waals surface area (Å²) in [5.41, 5.74) is 0.709. The van der Waals surface area contributed by atoms with Gasteiger partial charge < -0.3 is 0 Å². The largest absolute Gasteiger partial charge is 0.0846 e. The van der Waals surface area contributed by atoms with Gasteiger partial charge in [-0.1, -0.05) is 97.7 Å². The van der Waals surface area contributed by atoms with Crippen LogP contribution in [0.3, 0.4) is 0 Å². The molecule has 2 aliphatic rings. The van der Waals surface area contributed by atoms with Gasteiger partial charge in [0.15, 0.2) is 0 Å². The average molecular weight is 390 g/mol. The van der Waals surface area contributed by atoms with E-state index in [9.17, 15) is 0 Å². The van der Waals surface area contributed by atoms with Crippen LogP contribution in [0.4, 0.5) is 0 Å². The van der Waals surface area contributed by atoms with Crippen LogP contribution in [0.1, 0.15) is 48.0 Å². The number of allylic oxidation sites excluding steroid dienone is 4. The lowest BCUT2D eigenvalue weighted by Gasteiger charge is -2.54. The third kappa shape index (κ3) is 2.52. The number of rotatable bonds is 1. The standard InChI is InChI=1S/C17H26Br2/c1-14(2,3)12-9-7-8-10-16(12,15(4,5)6)13-11-17(13,18)19/h7-10,12-13H,11H2,1-6H3/t12-,13?,16+/m0/s1. The predicted octanol–water partition coefficient (Wildman–Crippen LogP) is 6.31. The fourth-order valence-electron chi connectivity index (χ4n) is 3.96. The quantitative estimate of drug-likeness (QED) is 0.460. The van der Waals surface area contributed by atoms with Gasteiger partial charge in [0.25, 0.3) is 0 Å². The molecule has 0 saturated heterocycles. The third-order valence-corrected chi connectivity index (χ3v) is 6.69. The fourth-order valence-corrected chi connectivity index (χ4v) is 5.37. The van der Waals surface area contributed by atoms with Crippen LogP contribution in [-0.2, 0) is 0 Å². The van der Waals surface area contributed by atoms with Crippen LogP contribution in [-0.4, -0.2) is 3.23 Å². The molecule has 2 heteroatoms. The molecule has 2 aliphatic carbocycles. The lowest BCUT2D eigenvalue weighted by atomic mass is 9.50. The summed E-state index contributed by atoms with van der Waals surface area (Å²) in [5.74, 6) is 1.21. The average Bonchev–Trinajstić information content (AvgIpc) is 2.85. The van der Waals surface area contributed by atoms with E-state index in [0.717, 1.165) is 0 Å². The Morgan fingerprint density at radius 1 is 1.00 bits per heavy atom. The minimum atomic E-state index is 0.131. The molecule has 0 amide bonds. The molecule has 1 fully saturated rings. The Morgan fingerprint density at radius 3 is 1.89 bits per heavy atom. The molecule has 0 spiro atoms. The first-order valence-corrected chi connectivity index (χ1v) is 8.75. The van der Waals surface area contributed by atoms with E-state index < -0.39 is 0 Å². The zero-order valence-electron chi connectivity index (χ0n) is 12.9. The zero-order valence-corrected chi connectivity index (χ0v) is 16.1. The second-order valence-electron chi connectivity index (χ2n) is 8.29. The van der Waals surface area contributed by atoms with Crippen LogP contribution in [0.15, 0.2) is 24.3 Å². The summed E-state index contributed by atoms with van der Waals surface area (Å²) >= 11 is 7.74. The van der Waals surface area contributed by atoms with E-state index in [1.165, 1.54) is 6.42 Å². The van der Waals surface area contributed by atoms with Gasteiger partial charge in [-0.2, -0.15) is 0 Å². The number of hydrogen-bond acceptors (Lipinski definition) is 0. The minimum Gasteiger partial charge on any atom is -0.0800 e. The van der Waals surface area contributed by atoms with Gasteiger partial charge in [-0.15, -0.1) is 0 Å². The lowest BCUT2D eigenvalue weighted by Crippen LogP contribution is -2.48. The molecule has 0 aliphatic heterocycles. The van der Waals surface area contributed by atoms with Crippen LogP contribution < -0.4 is 0 Å². The third-order valence-electron chi connectivity index (χ3n) is 4.94. The Kier molecular flexibility index (Phi) is 3.72. The van der Waals surface area contributed by atoms with Crippen molar-refractivity contribution < 1.29 is 0 Å². The Balaban J connectivity index is 2.54. The topological polar surface area (TPSA) is 0 Å².